The zero-order valence-corrected chi connectivity index (χ0v) is 15.4. The summed E-state index contributed by atoms with van der Waals surface area (Å²) in [5.74, 6) is 0.0217. The van der Waals surface area contributed by atoms with Crippen molar-refractivity contribution >= 4 is 34.8 Å². The van der Waals surface area contributed by atoms with Gasteiger partial charge < -0.3 is 15.5 Å². The fourth-order valence-corrected chi connectivity index (χ4v) is 3.33. The lowest BCUT2D eigenvalue weighted by Crippen LogP contribution is -2.30. The van der Waals surface area contributed by atoms with E-state index in [1.165, 1.54) is 0 Å². The van der Waals surface area contributed by atoms with Gasteiger partial charge in [-0.15, -0.1) is 0 Å². The van der Waals surface area contributed by atoms with Gasteiger partial charge in [0.05, 0.1) is 6.54 Å². The summed E-state index contributed by atoms with van der Waals surface area (Å²) in [5, 5.41) is 6.71. The van der Waals surface area contributed by atoms with Gasteiger partial charge in [-0.3, -0.25) is 9.59 Å². The number of halogens is 1. The van der Waals surface area contributed by atoms with Crippen molar-refractivity contribution in [3.8, 4) is 0 Å². The molecule has 0 aliphatic carbocycles. The smallest absolute Gasteiger partial charge is 0.238 e. The number of amides is 2. The van der Waals surface area contributed by atoms with Crippen LogP contribution in [-0.2, 0) is 9.59 Å². The second kappa shape index (κ2) is 8.34. The van der Waals surface area contributed by atoms with Crippen molar-refractivity contribution in [3.63, 3.8) is 0 Å². The van der Waals surface area contributed by atoms with Crippen molar-refractivity contribution in [2.75, 3.05) is 23.3 Å². The molecule has 1 atom stereocenters. The maximum absolute atomic E-state index is 12.2. The van der Waals surface area contributed by atoms with Crippen LogP contribution in [0.15, 0.2) is 48.5 Å². The van der Waals surface area contributed by atoms with E-state index in [-0.39, 0.29) is 24.4 Å². The molecule has 1 saturated heterocycles. The molecule has 0 spiro atoms. The number of hydrogen-bond donors (Lipinski definition) is 2. The van der Waals surface area contributed by atoms with Crippen LogP contribution in [0.1, 0.15) is 31.4 Å². The van der Waals surface area contributed by atoms with Crippen molar-refractivity contribution in [2.45, 2.75) is 25.8 Å². The predicted molar refractivity (Wildman–Crippen MR) is 105 cm³/mol. The molecule has 1 aliphatic rings. The van der Waals surface area contributed by atoms with Crippen LogP contribution in [0.5, 0.6) is 0 Å². The molecule has 6 heteroatoms. The standard InChI is InChI=1S/C20H22ClN3O2/c1-14(17-5-2-3-6-18(17)21)22-13-19(25)23-15-8-10-16(11-9-15)24-12-4-7-20(24)26/h2-3,5-6,8-11,14,22H,4,7,12-13H2,1H3,(H,23,25)/t14-/m1/s1. The second-order valence-corrected chi connectivity index (χ2v) is 6.78. The molecule has 2 N–H and O–H groups in total. The average molecular weight is 372 g/mol. The lowest BCUT2D eigenvalue weighted by molar-refractivity contribution is -0.117. The van der Waals surface area contributed by atoms with Crippen LogP contribution in [0.4, 0.5) is 11.4 Å². The number of carbonyl (C=O) groups is 2. The molecule has 1 aliphatic heterocycles. The van der Waals surface area contributed by atoms with Gasteiger partial charge in [0.25, 0.3) is 0 Å². The van der Waals surface area contributed by atoms with Crippen LogP contribution in [0.3, 0.4) is 0 Å². The van der Waals surface area contributed by atoms with E-state index in [9.17, 15) is 9.59 Å². The summed E-state index contributed by atoms with van der Waals surface area (Å²) in [6.45, 7) is 2.91. The summed E-state index contributed by atoms with van der Waals surface area (Å²) in [6, 6.07) is 14.9. The zero-order chi connectivity index (χ0) is 18.5. The third-order valence-electron chi connectivity index (χ3n) is 4.48. The molecular formula is C20H22ClN3O2. The first-order chi connectivity index (χ1) is 12.5. The van der Waals surface area contributed by atoms with Crippen molar-refractivity contribution in [3.05, 3.63) is 59.1 Å². The van der Waals surface area contributed by atoms with Crippen LogP contribution >= 0.6 is 11.6 Å². The van der Waals surface area contributed by atoms with Crippen molar-refractivity contribution in [1.29, 1.82) is 0 Å². The molecule has 2 amide bonds. The summed E-state index contributed by atoms with van der Waals surface area (Å²) < 4.78 is 0. The van der Waals surface area contributed by atoms with Crippen LogP contribution in [0, 0.1) is 0 Å². The average Bonchev–Trinajstić information content (AvgIpc) is 3.07. The summed E-state index contributed by atoms with van der Waals surface area (Å²) in [7, 11) is 0. The number of nitrogens with zero attached hydrogens (tertiary/aromatic N) is 1. The first-order valence-electron chi connectivity index (χ1n) is 8.72. The molecule has 1 fully saturated rings. The first-order valence-corrected chi connectivity index (χ1v) is 9.10. The molecule has 3 rings (SSSR count). The van der Waals surface area contributed by atoms with E-state index in [1.807, 2.05) is 55.5 Å². The van der Waals surface area contributed by atoms with Gasteiger partial charge in [-0.25, -0.2) is 0 Å². The SMILES string of the molecule is C[C@@H](NCC(=O)Nc1ccc(N2CCCC2=O)cc1)c1ccccc1Cl. The highest BCUT2D eigenvalue weighted by Crippen LogP contribution is 2.23. The van der Waals surface area contributed by atoms with E-state index in [1.54, 1.807) is 4.90 Å². The first kappa shape index (κ1) is 18.4. The Labute approximate surface area is 158 Å². The van der Waals surface area contributed by atoms with Gasteiger partial charge in [0.1, 0.15) is 0 Å². The molecule has 0 unspecified atom stereocenters. The minimum atomic E-state index is -0.131. The molecule has 0 bridgehead atoms. The highest BCUT2D eigenvalue weighted by atomic mass is 35.5. The minimum absolute atomic E-state index is 0.0296. The van der Waals surface area contributed by atoms with Crippen molar-refractivity contribution < 1.29 is 9.59 Å². The Hall–Kier alpha value is -2.37. The summed E-state index contributed by atoms with van der Waals surface area (Å²) >= 11 is 6.17. The monoisotopic (exact) mass is 371 g/mol. The van der Waals surface area contributed by atoms with E-state index >= 15 is 0 Å². The highest BCUT2D eigenvalue weighted by molar-refractivity contribution is 6.31. The molecule has 1 heterocycles. The van der Waals surface area contributed by atoms with Crippen LogP contribution < -0.4 is 15.5 Å². The van der Waals surface area contributed by atoms with Gasteiger partial charge in [0, 0.05) is 35.4 Å². The largest absolute Gasteiger partial charge is 0.325 e. The van der Waals surface area contributed by atoms with Gasteiger partial charge in [-0.2, -0.15) is 0 Å². The van der Waals surface area contributed by atoms with Crippen LogP contribution in [-0.4, -0.2) is 24.9 Å². The minimum Gasteiger partial charge on any atom is -0.325 e. The molecule has 26 heavy (non-hydrogen) atoms. The van der Waals surface area contributed by atoms with Gasteiger partial charge >= 0.3 is 0 Å². The number of benzene rings is 2. The lowest BCUT2D eigenvalue weighted by Gasteiger charge is -2.17. The van der Waals surface area contributed by atoms with E-state index < -0.39 is 0 Å². The molecule has 2 aromatic rings. The normalized spacial score (nSPS) is 15.2. The third kappa shape index (κ3) is 4.42. The number of carbonyl (C=O) groups excluding carboxylic acids is 2. The molecule has 2 aromatic carbocycles. The van der Waals surface area contributed by atoms with E-state index in [0.717, 1.165) is 24.2 Å². The molecule has 0 radical (unpaired) electrons. The quantitative estimate of drug-likeness (QED) is 0.812. The Bertz CT molecular complexity index is 792. The number of hydrogen-bond acceptors (Lipinski definition) is 3. The molecule has 0 saturated carbocycles. The Kier molecular flexibility index (Phi) is 5.91. The number of nitrogens with one attached hydrogen (secondary N) is 2. The predicted octanol–water partition coefficient (Wildman–Crippen LogP) is 3.76. The number of rotatable bonds is 6. The van der Waals surface area contributed by atoms with E-state index in [2.05, 4.69) is 10.6 Å². The van der Waals surface area contributed by atoms with Crippen LogP contribution in [0.25, 0.3) is 0 Å². The third-order valence-corrected chi connectivity index (χ3v) is 4.82. The van der Waals surface area contributed by atoms with Crippen molar-refractivity contribution in [1.82, 2.24) is 5.32 Å². The Morgan fingerprint density at radius 2 is 1.92 bits per heavy atom. The Morgan fingerprint density at radius 3 is 2.58 bits per heavy atom. The highest BCUT2D eigenvalue weighted by Gasteiger charge is 2.21. The van der Waals surface area contributed by atoms with Gasteiger partial charge in [0.15, 0.2) is 0 Å². The second-order valence-electron chi connectivity index (χ2n) is 6.37. The maximum atomic E-state index is 12.2. The number of anilines is 2. The van der Waals surface area contributed by atoms with Crippen LogP contribution in [0.2, 0.25) is 5.02 Å². The lowest BCUT2D eigenvalue weighted by atomic mass is 10.1. The summed E-state index contributed by atoms with van der Waals surface area (Å²) in [6.07, 6.45) is 1.50. The van der Waals surface area contributed by atoms with Gasteiger partial charge in [0.2, 0.25) is 11.8 Å². The van der Waals surface area contributed by atoms with Gasteiger partial charge in [-0.1, -0.05) is 29.8 Å². The van der Waals surface area contributed by atoms with Gasteiger partial charge in [-0.05, 0) is 49.2 Å². The molecule has 5 nitrogen and oxygen atoms in total. The maximum Gasteiger partial charge on any atom is 0.238 e. The summed E-state index contributed by atoms with van der Waals surface area (Å²) in [4.78, 5) is 25.7. The van der Waals surface area contributed by atoms with E-state index in [0.29, 0.717) is 17.1 Å². The Morgan fingerprint density at radius 1 is 1.19 bits per heavy atom. The fraction of sp³-hybridized carbons (Fsp3) is 0.300. The Balaban J connectivity index is 1.52. The molecule has 136 valence electrons. The van der Waals surface area contributed by atoms with E-state index in [4.69, 9.17) is 11.6 Å². The fourth-order valence-electron chi connectivity index (χ4n) is 3.03. The van der Waals surface area contributed by atoms with Crippen molar-refractivity contribution in [2.24, 2.45) is 0 Å². The zero-order valence-electron chi connectivity index (χ0n) is 14.7. The topological polar surface area (TPSA) is 61.4 Å². The molecular weight excluding hydrogens is 350 g/mol. The summed E-state index contributed by atoms with van der Waals surface area (Å²) in [5.41, 5.74) is 2.54. The molecule has 0 aromatic heterocycles.